The van der Waals surface area contributed by atoms with Crippen molar-refractivity contribution >= 4 is 11.8 Å². The normalized spacial score (nSPS) is 14.2. The van der Waals surface area contributed by atoms with E-state index in [9.17, 15) is 9.59 Å². The van der Waals surface area contributed by atoms with Gasteiger partial charge >= 0.3 is 5.97 Å². The number of hydrogen-bond donors (Lipinski definition) is 0. The lowest BCUT2D eigenvalue weighted by Gasteiger charge is -2.13. The van der Waals surface area contributed by atoms with Crippen molar-refractivity contribution in [2.45, 2.75) is 59.1 Å². The number of fused-ring (bicyclic) bond motifs is 1. The molecule has 2 aromatic rings. The number of carbonyl (C=O) groups excluding carboxylic acids is 2. The Labute approximate surface area is 148 Å². The molecule has 1 aliphatic carbocycles. The molecular formula is C20H24N2O3. The number of nitrogens with zero attached hydrogens (tertiary/aromatic N) is 2. The smallest absolute Gasteiger partial charge is 0.308 e. The van der Waals surface area contributed by atoms with Crippen molar-refractivity contribution in [2.75, 3.05) is 0 Å². The van der Waals surface area contributed by atoms with Crippen LogP contribution >= 0.6 is 0 Å². The van der Waals surface area contributed by atoms with Crippen LogP contribution in [0, 0.1) is 13.8 Å². The lowest BCUT2D eigenvalue weighted by Crippen LogP contribution is -2.25. The van der Waals surface area contributed by atoms with Crippen molar-refractivity contribution in [1.82, 2.24) is 9.78 Å². The number of ketones is 1. The quantitative estimate of drug-likeness (QED) is 0.598. The summed E-state index contributed by atoms with van der Waals surface area (Å²) in [6.45, 7) is 5.96. The number of rotatable bonds is 6. The highest BCUT2D eigenvalue weighted by Gasteiger charge is 2.21. The molecule has 1 unspecified atom stereocenters. The molecule has 3 rings (SSSR count). The van der Waals surface area contributed by atoms with Gasteiger partial charge in [0.25, 0.3) is 0 Å². The molecular weight excluding hydrogens is 316 g/mol. The number of aryl methyl sites for hydroxylation is 5. The van der Waals surface area contributed by atoms with Crippen molar-refractivity contribution in [3.05, 3.63) is 52.3 Å². The Morgan fingerprint density at radius 1 is 1.20 bits per heavy atom. The van der Waals surface area contributed by atoms with Crippen LogP contribution in [0.2, 0.25) is 0 Å². The molecule has 1 aliphatic rings. The molecule has 0 radical (unpaired) electrons. The zero-order chi connectivity index (χ0) is 18.0. The fourth-order valence-electron chi connectivity index (χ4n) is 3.37. The average molecular weight is 340 g/mol. The second-order valence-corrected chi connectivity index (χ2v) is 6.73. The van der Waals surface area contributed by atoms with Crippen LogP contribution in [-0.4, -0.2) is 27.6 Å². The second kappa shape index (κ2) is 7.21. The molecule has 5 heteroatoms. The minimum atomic E-state index is -0.771. The van der Waals surface area contributed by atoms with Gasteiger partial charge in [-0.15, -0.1) is 0 Å². The number of carbonyl (C=O) groups is 2. The molecule has 0 bridgehead atoms. The molecule has 0 saturated heterocycles. The van der Waals surface area contributed by atoms with Gasteiger partial charge in [-0.3, -0.25) is 14.3 Å². The molecule has 25 heavy (non-hydrogen) atoms. The monoisotopic (exact) mass is 340 g/mol. The highest BCUT2D eigenvalue weighted by atomic mass is 16.5. The maximum absolute atomic E-state index is 12.5. The Bertz CT molecular complexity index is 807. The van der Waals surface area contributed by atoms with E-state index in [0.29, 0.717) is 12.1 Å². The Kier molecular flexibility index (Phi) is 5.02. The molecule has 0 saturated carbocycles. The number of benzene rings is 1. The van der Waals surface area contributed by atoms with Crippen LogP contribution in [-0.2, 0) is 28.9 Å². The minimum Gasteiger partial charge on any atom is -0.454 e. The van der Waals surface area contributed by atoms with E-state index < -0.39 is 6.10 Å². The summed E-state index contributed by atoms with van der Waals surface area (Å²) in [5, 5.41) is 4.32. The van der Waals surface area contributed by atoms with Gasteiger partial charge in [0.1, 0.15) is 0 Å². The minimum absolute atomic E-state index is 0.144. The summed E-state index contributed by atoms with van der Waals surface area (Å²) < 4.78 is 7.11. The molecule has 0 N–H and O–H groups in total. The first-order chi connectivity index (χ1) is 11.9. The summed E-state index contributed by atoms with van der Waals surface area (Å²) in [5.41, 5.74) is 5.12. The van der Waals surface area contributed by atoms with Gasteiger partial charge in [0.15, 0.2) is 6.10 Å². The van der Waals surface area contributed by atoms with Gasteiger partial charge in [-0.25, -0.2) is 0 Å². The Morgan fingerprint density at radius 2 is 1.96 bits per heavy atom. The largest absolute Gasteiger partial charge is 0.454 e. The number of aromatic nitrogens is 2. The Hall–Kier alpha value is -2.43. The standard InChI is InChI=1S/C20H24N2O3/c1-13-11-14(2)22(21-13)10-9-19(23)25-15(3)20(24)18-8-7-16-5-4-6-17(16)12-18/h7-8,11-12,15H,4-6,9-10H2,1-3H3. The van der Waals surface area contributed by atoms with Crippen molar-refractivity contribution in [3.8, 4) is 0 Å². The predicted octanol–water partition coefficient (Wildman–Crippen LogP) is 3.19. The summed E-state index contributed by atoms with van der Waals surface area (Å²) in [6, 6.07) is 7.77. The number of esters is 1. The molecule has 0 fully saturated rings. The van der Waals surface area contributed by atoms with E-state index in [1.54, 1.807) is 11.6 Å². The SMILES string of the molecule is Cc1cc(C)n(CCC(=O)OC(C)C(=O)c2ccc3c(c2)CCC3)n1. The van der Waals surface area contributed by atoms with Crippen LogP contribution in [0.5, 0.6) is 0 Å². The summed E-state index contributed by atoms with van der Waals surface area (Å²) in [6.07, 6.45) is 2.68. The van der Waals surface area contributed by atoms with E-state index in [-0.39, 0.29) is 18.2 Å². The van der Waals surface area contributed by atoms with Crippen LogP contribution < -0.4 is 0 Å². The molecule has 0 spiro atoms. The third-order valence-electron chi connectivity index (χ3n) is 4.69. The lowest BCUT2D eigenvalue weighted by molar-refractivity contribution is -0.146. The topological polar surface area (TPSA) is 61.2 Å². The van der Waals surface area contributed by atoms with Gasteiger partial charge in [-0.1, -0.05) is 12.1 Å². The first-order valence-corrected chi connectivity index (χ1v) is 8.80. The highest BCUT2D eigenvalue weighted by Crippen LogP contribution is 2.23. The zero-order valence-electron chi connectivity index (χ0n) is 15.0. The highest BCUT2D eigenvalue weighted by molar-refractivity contribution is 6.00. The van der Waals surface area contributed by atoms with E-state index in [4.69, 9.17) is 4.74 Å². The van der Waals surface area contributed by atoms with E-state index in [1.807, 2.05) is 38.1 Å². The number of Topliss-reactive ketones (excluding diaryl/α,β-unsaturated/α-hetero) is 1. The van der Waals surface area contributed by atoms with E-state index in [0.717, 1.165) is 30.7 Å². The third kappa shape index (κ3) is 3.98. The van der Waals surface area contributed by atoms with Crippen molar-refractivity contribution in [2.24, 2.45) is 0 Å². The summed E-state index contributed by atoms with van der Waals surface area (Å²) in [7, 11) is 0. The van der Waals surface area contributed by atoms with Gasteiger partial charge in [-0.2, -0.15) is 5.10 Å². The van der Waals surface area contributed by atoms with Crippen molar-refractivity contribution in [1.29, 1.82) is 0 Å². The van der Waals surface area contributed by atoms with Crippen LogP contribution in [0.4, 0.5) is 0 Å². The fraction of sp³-hybridized carbons (Fsp3) is 0.450. The van der Waals surface area contributed by atoms with Crippen molar-refractivity contribution < 1.29 is 14.3 Å². The lowest BCUT2D eigenvalue weighted by atomic mass is 10.0. The Morgan fingerprint density at radius 3 is 2.68 bits per heavy atom. The summed E-state index contributed by atoms with van der Waals surface area (Å²) in [5.74, 6) is -0.524. The average Bonchev–Trinajstić information content (AvgIpc) is 3.17. The third-order valence-corrected chi connectivity index (χ3v) is 4.69. The van der Waals surface area contributed by atoms with Crippen LogP contribution in [0.1, 0.15) is 52.6 Å². The molecule has 1 atom stereocenters. The van der Waals surface area contributed by atoms with Gasteiger partial charge in [0.2, 0.25) is 5.78 Å². The zero-order valence-corrected chi connectivity index (χ0v) is 15.0. The first kappa shape index (κ1) is 17.4. The second-order valence-electron chi connectivity index (χ2n) is 6.73. The number of ether oxygens (including phenoxy) is 1. The predicted molar refractivity (Wildman–Crippen MR) is 94.7 cm³/mol. The fourth-order valence-corrected chi connectivity index (χ4v) is 3.37. The molecule has 1 aromatic carbocycles. The van der Waals surface area contributed by atoms with Gasteiger partial charge in [-0.05, 0) is 63.3 Å². The molecule has 0 aliphatic heterocycles. The van der Waals surface area contributed by atoms with Crippen molar-refractivity contribution in [3.63, 3.8) is 0 Å². The van der Waals surface area contributed by atoms with E-state index >= 15 is 0 Å². The maximum Gasteiger partial charge on any atom is 0.308 e. The van der Waals surface area contributed by atoms with Gasteiger partial charge in [0, 0.05) is 11.3 Å². The molecule has 0 amide bonds. The molecule has 1 heterocycles. The van der Waals surface area contributed by atoms with Crippen LogP contribution in [0.25, 0.3) is 0 Å². The number of hydrogen-bond acceptors (Lipinski definition) is 4. The Balaban J connectivity index is 1.55. The molecule has 5 nitrogen and oxygen atoms in total. The molecule has 1 aromatic heterocycles. The van der Waals surface area contributed by atoms with E-state index in [1.165, 1.54) is 11.1 Å². The van der Waals surface area contributed by atoms with E-state index in [2.05, 4.69) is 5.10 Å². The van der Waals surface area contributed by atoms with Gasteiger partial charge < -0.3 is 4.74 Å². The van der Waals surface area contributed by atoms with Gasteiger partial charge in [0.05, 0.1) is 18.7 Å². The summed E-state index contributed by atoms with van der Waals surface area (Å²) >= 11 is 0. The summed E-state index contributed by atoms with van der Waals surface area (Å²) in [4.78, 5) is 24.6. The van der Waals surface area contributed by atoms with Crippen LogP contribution in [0.3, 0.4) is 0 Å². The molecule has 132 valence electrons. The van der Waals surface area contributed by atoms with Crippen LogP contribution in [0.15, 0.2) is 24.3 Å². The maximum atomic E-state index is 12.5. The first-order valence-electron chi connectivity index (χ1n) is 8.80.